The van der Waals surface area contributed by atoms with Gasteiger partial charge in [0.05, 0.1) is 0 Å². The third-order valence-electron chi connectivity index (χ3n) is 3.19. The largest absolute Gasteiger partial charge is 0.382 e. The van der Waals surface area contributed by atoms with Crippen molar-refractivity contribution in [2.45, 2.75) is 27.2 Å². The normalized spacial score (nSPS) is 10.7. The van der Waals surface area contributed by atoms with Crippen LogP contribution in [0.3, 0.4) is 0 Å². The van der Waals surface area contributed by atoms with Gasteiger partial charge in [-0.25, -0.2) is 0 Å². The van der Waals surface area contributed by atoms with Crippen LogP contribution in [0, 0.1) is 6.92 Å². The van der Waals surface area contributed by atoms with Gasteiger partial charge in [-0.2, -0.15) is 0 Å². The van der Waals surface area contributed by atoms with Crippen LogP contribution in [0.2, 0.25) is 0 Å². The summed E-state index contributed by atoms with van der Waals surface area (Å²) >= 11 is 0. The number of nitrogens with one attached hydrogen (secondary N) is 1. The number of rotatable bonds is 10. The van der Waals surface area contributed by atoms with Crippen molar-refractivity contribution in [3.05, 3.63) is 29.8 Å². The summed E-state index contributed by atoms with van der Waals surface area (Å²) in [6.45, 7) is 12.2. The molecule has 3 nitrogen and oxygen atoms in total. The van der Waals surface area contributed by atoms with Crippen LogP contribution in [0.1, 0.15) is 25.8 Å². The Morgan fingerprint density at radius 3 is 2.47 bits per heavy atom. The predicted octanol–water partition coefficient (Wildman–Crippen LogP) is 2.84. The minimum absolute atomic E-state index is 0.817. The fourth-order valence-corrected chi connectivity index (χ4v) is 2.01. The van der Waals surface area contributed by atoms with Crippen molar-refractivity contribution in [1.29, 1.82) is 0 Å². The maximum Gasteiger partial charge on any atom is 0.0477 e. The molecule has 0 spiro atoms. The fourth-order valence-electron chi connectivity index (χ4n) is 2.01. The lowest BCUT2D eigenvalue weighted by Crippen LogP contribution is -2.32. The Balaban J connectivity index is 2.20. The smallest absolute Gasteiger partial charge is 0.0477 e. The van der Waals surface area contributed by atoms with E-state index in [-0.39, 0.29) is 0 Å². The van der Waals surface area contributed by atoms with Crippen molar-refractivity contribution >= 4 is 5.69 Å². The molecule has 3 heteroatoms. The van der Waals surface area contributed by atoms with Crippen molar-refractivity contribution in [3.63, 3.8) is 0 Å². The van der Waals surface area contributed by atoms with E-state index in [2.05, 4.69) is 48.3 Å². The summed E-state index contributed by atoms with van der Waals surface area (Å²) in [6.07, 6.45) is 1.09. The zero-order valence-electron chi connectivity index (χ0n) is 12.6. The van der Waals surface area contributed by atoms with Gasteiger partial charge in [-0.15, -0.1) is 0 Å². The van der Waals surface area contributed by atoms with Crippen LogP contribution >= 0.6 is 0 Å². The number of likely N-dealkylation sites (N-methyl/N-ethyl adjacent to an activating group) is 1. The lowest BCUT2D eigenvalue weighted by atomic mass is 10.2. The molecule has 0 bridgehead atoms. The first-order valence-electron chi connectivity index (χ1n) is 7.38. The molecule has 0 aliphatic heterocycles. The Hall–Kier alpha value is -1.06. The molecule has 0 saturated heterocycles. The molecule has 0 heterocycles. The van der Waals surface area contributed by atoms with Gasteiger partial charge in [-0.1, -0.05) is 17.7 Å². The molecule has 0 unspecified atom stereocenters. The summed E-state index contributed by atoms with van der Waals surface area (Å²) in [5.74, 6) is 0. The predicted molar refractivity (Wildman–Crippen MR) is 83.0 cm³/mol. The minimum Gasteiger partial charge on any atom is -0.382 e. The lowest BCUT2D eigenvalue weighted by molar-refractivity contribution is 0.145. The van der Waals surface area contributed by atoms with Gasteiger partial charge in [0.2, 0.25) is 0 Å². The van der Waals surface area contributed by atoms with Crippen molar-refractivity contribution in [1.82, 2.24) is 5.32 Å². The van der Waals surface area contributed by atoms with Gasteiger partial charge in [0.15, 0.2) is 0 Å². The molecule has 0 aromatic heterocycles. The second-order valence-corrected chi connectivity index (χ2v) is 4.72. The first-order valence-corrected chi connectivity index (χ1v) is 7.38. The molecule has 1 rings (SSSR count). The van der Waals surface area contributed by atoms with Gasteiger partial charge >= 0.3 is 0 Å². The summed E-state index contributed by atoms with van der Waals surface area (Å²) in [6, 6.07) is 8.75. The standard InChI is InChI=1S/C16H28N2O/c1-4-18(16-9-7-15(3)8-10-16)13-12-17-11-6-14-19-5-2/h7-10,17H,4-6,11-14H2,1-3H3. The molecule has 0 atom stereocenters. The molecular formula is C16H28N2O. The molecule has 0 aliphatic carbocycles. The highest BCUT2D eigenvalue weighted by molar-refractivity contribution is 5.47. The third-order valence-corrected chi connectivity index (χ3v) is 3.19. The van der Waals surface area contributed by atoms with E-state index in [1.54, 1.807) is 0 Å². The summed E-state index contributed by atoms with van der Waals surface area (Å²) in [5.41, 5.74) is 2.62. The molecule has 0 amide bonds. The summed E-state index contributed by atoms with van der Waals surface area (Å²) < 4.78 is 5.31. The van der Waals surface area contributed by atoms with Crippen LogP contribution in [0.15, 0.2) is 24.3 Å². The number of benzene rings is 1. The maximum absolute atomic E-state index is 5.31. The van der Waals surface area contributed by atoms with Crippen LogP contribution in [0.25, 0.3) is 0 Å². The number of hydrogen-bond acceptors (Lipinski definition) is 3. The average molecular weight is 264 g/mol. The molecule has 1 aromatic carbocycles. The van der Waals surface area contributed by atoms with E-state index in [9.17, 15) is 0 Å². The van der Waals surface area contributed by atoms with Gasteiger partial charge in [-0.3, -0.25) is 0 Å². The molecule has 108 valence electrons. The van der Waals surface area contributed by atoms with E-state index in [1.807, 2.05) is 6.92 Å². The monoisotopic (exact) mass is 264 g/mol. The Morgan fingerprint density at radius 2 is 1.84 bits per heavy atom. The first kappa shape index (κ1) is 16.0. The lowest BCUT2D eigenvalue weighted by Gasteiger charge is -2.23. The molecule has 0 saturated carbocycles. The Bertz CT molecular complexity index is 324. The second-order valence-electron chi connectivity index (χ2n) is 4.72. The second kappa shape index (κ2) is 9.82. The first-order chi connectivity index (χ1) is 9.27. The summed E-state index contributed by atoms with van der Waals surface area (Å²) in [7, 11) is 0. The molecular weight excluding hydrogens is 236 g/mol. The number of nitrogens with zero attached hydrogens (tertiary/aromatic N) is 1. The van der Waals surface area contributed by atoms with Crippen LogP contribution in [0.4, 0.5) is 5.69 Å². The van der Waals surface area contributed by atoms with Gasteiger partial charge in [0.1, 0.15) is 0 Å². The third kappa shape index (κ3) is 6.60. The van der Waals surface area contributed by atoms with E-state index in [0.29, 0.717) is 0 Å². The summed E-state index contributed by atoms with van der Waals surface area (Å²) in [4.78, 5) is 2.40. The molecule has 0 radical (unpaired) electrons. The molecule has 1 aromatic rings. The number of ether oxygens (including phenoxy) is 1. The molecule has 0 fully saturated rings. The zero-order valence-corrected chi connectivity index (χ0v) is 12.6. The molecule has 1 N–H and O–H groups in total. The highest BCUT2D eigenvalue weighted by Crippen LogP contribution is 2.14. The van der Waals surface area contributed by atoms with Crippen LogP contribution in [-0.2, 0) is 4.74 Å². The Labute approximate surface area is 118 Å². The SMILES string of the molecule is CCOCCCNCCN(CC)c1ccc(C)cc1. The quantitative estimate of drug-likeness (QED) is 0.658. The number of aryl methyl sites for hydroxylation is 1. The van der Waals surface area contributed by atoms with Gasteiger partial charge in [-0.05, 0) is 45.9 Å². The van der Waals surface area contributed by atoms with Crippen molar-refractivity contribution in [2.24, 2.45) is 0 Å². The number of anilines is 1. The van der Waals surface area contributed by atoms with Crippen LogP contribution in [0.5, 0.6) is 0 Å². The van der Waals surface area contributed by atoms with E-state index >= 15 is 0 Å². The maximum atomic E-state index is 5.31. The van der Waals surface area contributed by atoms with Crippen LogP contribution in [-0.4, -0.2) is 39.4 Å². The molecule has 19 heavy (non-hydrogen) atoms. The zero-order chi connectivity index (χ0) is 13.9. The highest BCUT2D eigenvalue weighted by Gasteiger charge is 2.02. The fraction of sp³-hybridized carbons (Fsp3) is 0.625. The summed E-state index contributed by atoms with van der Waals surface area (Å²) in [5, 5.41) is 3.47. The number of hydrogen-bond donors (Lipinski definition) is 1. The van der Waals surface area contributed by atoms with Crippen molar-refractivity contribution in [2.75, 3.05) is 44.3 Å². The van der Waals surface area contributed by atoms with Gasteiger partial charge in [0.25, 0.3) is 0 Å². The van der Waals surface area contributed by atoms with Gasteiger partial charge < -0.3 is 15.0 Å². The Kier molecular flexibility index (Phi) is 8.26. The van der Waals surface area contributed by atoms with E-state index in [0.717, 1.165) is 45.8 Å². The Morgan fingerprint density at radius 1 is 1.11 bits per heavy atom. The average Bonchev–Trinajstić information content (AvgIpc) is 2.43. The van der Waals surface area contributed by atoms with Crippen molar-refractivity contribution < 1.29 is 4.74 Å². The van der Waals surface area contributed by atoms with E-state index in [1.165, 1.54) is 11.3 Å². The van der Waals surface area contributed by atoms with E-state index < -0.39 is 0 Å². The highest BCUT2D eigenvalue weighted by atomic mass is 16.5. The van der Waals surface area contributed by atoms with Crippen LogP contribution < -0.4 is 10.2 Å². The minimum atomic E-state index is 0.817. The topological polar surface area (TPSA) is 24.5 Å². The van der Waals surface area contributed by atoms with Crippen molar-refractivity contribution in [3.8, 4) is 0 Å². The molecule has 0 aliphatic rings. The van der Waals surface area contributed by atoms with Gasteiger partial charge in [0, 0.05) is 38.5 Å². The van der Waals surface area contributed by atoms with E-state index in [4.69, 9.17) is 4.74 Å².